The lowest BCUT2D eigenvalue weighted by atomic mass is 10.1. The highest BCUT2D eigenvalue weighted by atomic mass is 79.9. The van der Waals surface area contributed by atoms with E-state index in [0.29, 0.717) is 23.5 Å². The second kappa shape index (κ2) is 8.31. The molecule has 0 saturated carbocycles. The fraction of sp³-hybridized carbons (Fsp3) is 0.412. The lowest BCUT2D eigenvalue weighted by Gasteiger charge is -2.22. The topological polar surface area (TPSA) is 83.5 Å². The molecule has 3 N–H and O–H groups in total. The van der Waals surface area contributed by atoms with Gasteiger partial charge in [-0.2, -0.15) is 0 Å². The number of ether oxygens (including phenoxy) is 1. The highest BCUT2D eigenvalue weighted by Crippen LogP contribution is 2.37. The maximum atomic E-state index is 12.1. The molecule has 0 aliphatic heterocycles. The Kier molecular flexibility index (Phi) is 6.62. The average molecular weight is 431 g/mol. The molecule has 136 valence electrons. The smallest absolute Gasteiger partial charge is 0.250 e. The van der Waals surface area contributed by atoms with Crippen LogP contribution in [-0.4, -0.2) is 41.4 Å². The first-order valence-corrected chi connectivity index (χ1v) is 9.01. The zero-order valence-corrected chi connectivity index (χ0v) is 16.7. The van der Waals surface area contributed by atoms with Crippen LogP contribution in [0.25, 0.3) is 10.9 Å². The first kappa shape index (κ1) is 19.9. The molecule has 25 heavy (non-hydrogen) atoms. The number of benzene rings is 1. The Balaban J connectivity index is 2.48. The van der Waals surface area contributed by atoms with Gasteiger partial charge in [-0.25, -0.2) is 4.98 Å². The minimum absolute atomic E-state index is 0.0733. The predicted molar refractivity (Wildman–Crippen MR) is 104 cm³/mol. The first-order valence-electron chi connectivity index (χ1n) is 7.84. The maximum absolute atomic E-state index is 12.1. The van der Waals surface area contributed by atoms with Crippen LogP contribution in [0, 0.1) is 0 Å². The summed E-state index contributed by atoms with van der Waals surface area (Å²) >= 11 is 9.71. The fourth-order valence-corrected chi connectivity index (χ4v) is 2.76. The summed E-state index contributed by atoms with van der Waals surface area (Å²) in [7, 11) is 0. The molecule has 0 atom stereocenters. The summed E-state index contributed by atoms with van der Waals surface area (Å²) in [6, 6.07) is 5.58. The Labute approximate surface area is 160 Å². The van der Waals surface area contributed by atoms with E-state index in [9.17, 15) is 9.90 Å². The van der Waals surface area contributed by atoms with Gasteiger partial charge in [0.2, 0.25) is 0 Å². The van der Waals surface area contributed by atoms with Crippen molar-refractivity contribution in [1.82, 2.24) is 4.98 Å². The standard InChI is InChI=1S/C17H21BrClN3O3/c1-4-25-8-13(23)22-15-14(20-9-17(2,3)24)11-6-5-10(18)7-12(11)21-16(15)19/h5-7,24H,4,8-9H2,1-3H3,(H,20,21)(H,22,23). The third kappa shape index (κ3) is 5.54. The first-order chi connectivity index (χ1) is 11.7. The van der Waals surface area contributed by atoms with E-state index in [1.54, 1.807) is 13.8 Å². The molecule has 1 heterocycles. The van der Waals surface area contributed by atoms with Crippen LogP contribution < -0.4 is 10.6 Å². The minimum atomic E-state index is -0.940. The lowest BCUT2D eigenvalue weighted by molar-refractivity contribution is -0.120. The number of carbonyl (C=O) groups excluding carboxylic acids is 1. The van der Waals surface area contributed by atoms with Gasteiger partial charge in [0.05, 0.1) is 16.8 Å². The van der Waals surface area contributed by atoms with E-state index in [4.69, 9.17) is 16.3 Å². The van der Waals surface area contributed by atoms with Gasteiger partial charge < -0.3 is 20.5 Å². The summed E-state index contributed by atoms with van der Waals surface area (Å²) in [6.07, 6.45) is 0. The van der Waals surface area contributed by atoms with Crippen molar-refractivity contribution in [2.45, 2.75) is 26.4 Å². The van der Waals surface area contributed by atoms with Crippen molar-refractivity contribution < 1.29 is 14.6 Å². The molecular formula is C17H21BrClN3O3. The van der Waals surface area contributed by atoms with Gasteiger partial charge in [0.15, 0.2) is 5.15 Å². The Hall–Kier alpha value is -1.41. The highest BCUT2D eigenvalue weighted by Gasteiger charge is 2.19. The highest BCUT2D eigenvalue weighted by molar-refractivity contribution is 9.10. The van der Waals surface area contributed by atoms with E-state index in [1.807, 2.05) is 25.1 Å². The van der Waals surface area contributed by atoms with Gasteiger partial charge in [-0.05, 0) is 39.0 Å². The van der Waals surface area contributed by atoms with E-state index in [-0.39, 0.29) is 24.2 Å². The minimum Gasteiger partial charge on any atom is -0.389 e. The van der Waals surface area contributed by atoms with Crippen LogP contribution in [0.5, 0.6) is 0 Å². The van der Waals surface area contributed by atoms with E-state index in [2.05, 4.69) is 31.5 Å². The number of hydrogen-bond donors (Lipinski definition) is 3. The number of amides is 1. The molecule has 0 bridgehead atoms. The number of anilines is 2. The predicted octanol–water partition coefficient (Wildman–Crippen LogP) is 3.81. The zero-order valence-electron chi connectivity index (χ0n) is 14.3. The quantitative estimate of drug-likeness (QED) is 0.582. The molecule has 1 aromatic carbocycles. The Morgan fingerprint density at radius 3 is 2.76 bits per heavy atom. The average Bonchev–Trinajstić information content (AvgIpc) is 2.51. The van der Waals surface area contributed by atoms with Crippen molar-refractivity contribution in [3.05, 3.63) is 27.8 Å². The van der Waals surface area contributed by atoms with Crippen LogP contribution in [0.4, 0.5) is 11.4 Å². The van der Waals surface area contributed by atoms with Crippen molar-refractivity contribution in [1.29, 1.82) is 0 Å². The van der Waals surface area contributed by atoms with E-state index >= 15 is 0 Å². The molecule has 2 aromatic rings. The number of nitrogens with zero attached hydrogens (tertiary/aromatic N) is 1. The van der Waals surface area contributed by atoms with Gasteiger partial charge >= 0.3 is 0 Å². The van der Waals surface area contributed by atoms with Crippen LogP contribution in [-0.2, 0) is 9.53 Å². The Morgan fingerprint density at radius 1 is 1.40 bits per heavy atom. The number of fused-ring (bicyclic) bond motifs is 1. The van der Waals surface area contributed by atoms with Crippen molar-refractivity contribution in [2.75, 3.05) is 30.4 Å². The molecule has 0 unspecified atom stereocenters. The second-order valence-corrected chi connectivity index (χ2v) is 7.44. The summed E-state index contributed by atoms with van der Waals surface area (Å²) in [5.74, 6) is -0.326. The molecule has 0 radical (unpaired) electrons. The van der Waals surface area contributed by atoms with Gasteiger partial charge in [-0.1, -0.05) is 27.5 Å². The van der Waals surface area contributed by atoms with E-state index in [1.165, 1.54) is 0 Å². The zero-order chi connectivity index (χ0) is 18.6. The van der Waals surface area contributed by atoms with E-state index < -0.39 is 5.60 Å². The molecule has 2 rings (SSSR count). The number of carbonyl (C=O) groups is 1. The molecule has 1 amide bonds. The molecule has 0 aliphatic rings. The van der Waals surface area contributed by atoms with Gasteiger partial charge in [0, 0.05) is 23.0 Å². The number of aliphatic hydroxyl groups is 1. The van der Waals surface area contributed by atoms with Crippen LogP contribution in [0.3, 0.4) is 0 Å². The molecule has 0 saturated heterocycles. The summed E-state index contributed by atoms with van der Waals surface area (Å²) in [5.41, 5.74) is 0.699. The fourth-order valence-electron chi connectivity index (χ4n) is 2.18. The van der Waals surface area contributed by atoms with Crippen molar-refractivity contribution >= 4 is 55.7 Å². The van der Waals surface area contributed by atoms with Crippen LogP contribution in [0.2, 0.25) is 5.15 Å². The molecule has 1 aromatic heterocycles. The number of hydrogen-bond acceptors (Lipinski definition) is 5. The number of aromatic nitrogens is 1. The van der Waals surface area contributed by atoms with E-state index in [0.717, 1.165) is 9.86 Å². The molecule has 6 nitrogen and oxygen atoms in total. The van der Waals surface area contributed by atoms with Gasteiger partial charge in [-0.3, -0.25) is 4.79 Å². The van der Waals surface area contributed by atoms with Gasteiger partial charge in [-0.15, -0.1) is 0 Å². The largest absolute Gasteiger partial charge is 0.389 e. The molecule has 0 fully saturated rings. The number of halogens is 2. The SMILES string of the molecule is CCOCC(=O)Nc1c(Cl)nc2cc(Br)ccc2c1NCC(C)(C)O. The van der Waals surface area contributed by atoms with Gasteiger partial charge in [0.25, 0.3) is 5.91 Å². The van der Waals surface area contributed by atoms with Crippen LogP contribution in [0.1, 0.15) is 20.8 Å². The number of nitrogens with one attached hydrogen (secondary N) is 2. The van der Waals surface area contributed by atoms with Crippen LogP contribution in [0.15, 0.2) is 22.7 Å². The summed E-state index contributed by atoms with van der Waals surface area (Å²) in [4.78, 5) is 16.4. The third-order valence-electron chi connectivity index (χ3n) is 3.30. The molecule has 0 spiro atoms. The Morgan fingerprint density at radius 2 is 2.12 bits per heavy atom. The molecule has 8 heteroatoms. The van der Waals surface area contributed by atoms with Crippen molar-refractivity contribution in [3.8, 4) is 0 Å². The maximum Gasteiger partial charge on any atom is 0.250 e. The summed E-state index contributed by atoms with van der Waals surface area (Å²) in [5, 5.41) is 16.9. The Bertz CT molecular complexity index is 778. The third-order valence-corrected chi connectivity index (χ3v) is 4.07. The molecule has 0 aliphatic carbocycles. The van der Waals surface area contributed by atoms with Crippen molar-refractivity contribution in [3.63, 3.8) is 0 Å². The lowest BCUT2D eigenvalue weighted by Crippen LogP contribution is -2.30. The number of rotatable bonds is 7. The summed E-state index contributed by atoms with van der Waals surface area (Å²) < 4.78 is 5.99. The molecular weight excluding hydrogens is 410 g/mol. The monoisotopic (exact) mass is 429 g/mol. The summed E-state index contributed by atoms with van der Waals surface area (Å²) in [6.45, 7) is 5.83. The normalized spacial score (nSPS) is 11.6. The van der Waals surface area contributed by atoms with Crippen LogP contribution >= 0.6 is 27.5 Å². The number of pyridine rings is 1. The van der Waals surface area contributed by atoms with Crippen molar-refractivity contribution in [2.24, 2.45) is 0 Å². The second-order valence-electron chi connectivity index (χ2n) is 6.17. The van der Waals surface area contributed by atoms with Gasteiger partial charge in [0.1, 0.15) is 12.3 Å².